The molecule has 1 aromatic carbocycles. The highest BCUT2D eigenvalue weighted by molar-refractivity contribution is 5.87. The largest absolute Gasteiger partial charge is 0.352 e. The van der Waals surface area contributed by atoms with Gasteiger partial charge in [-0.1, -0.05) is 12.1 Å². The number of nitrogens with zero attached hydrogens (tertiary/aromatic N) is 5. The van der Waals surface area contributed by atoms with Crippen LogP contribution in [0.2, 0.25) is 0 Å². The number of hydrogen-bond acceptors (Lipinski definition) is 4. The minimum absolute atomic E-state index is 0.799. The predicted octanol–water partition coefficient (Wildman–Crippen LogP) is 3.17. The molecule has 4 rings (SSSR count). The molecule has 0 amide bonds. The monoisotopic (exact) mass is 318 g/mol. The van der Waals surface area contributed by atoms with Crippen molar-refractivity contribution in [3.05, 3.63) is 66.9 Å². The Bertz CT molecular complexity index is 924. The topological polar surface area (TPSA) is 62.6 Å². The Morgan fingerprint density at radius 1 is 1.12 bits per heavy atom. The summed E-state index contributed by atoms with van der Waals surface area (Å²) in [5.41, 5.74) is 3.16. The maximum Gasteiger partial charge on any atom is 0.142 e. The van der Waals surface area contributed by atoms with Gasteiger partial charge in [-0.25, -0.2) is 14.6 Å². The minimum atomic E-state index is 0.799. The zero-order valence-electron chi connectivity index (χ0n) is 13.4. The molecule has 6 heteroatoms. The zero-order valence-corrected chi connectivity index (χ0v) is 13.4. The number of nitrogens with one attached hydrogen (secondary N) is 1. The lowest BCUT2D eigenvalue weighted by Crippen LogP contribution is -2.23. The summed E-state index contributed by atoms with van der Waals surface area (Å²) in [5.74, 6) is 0.958. The highest BCUT2D eigenvalue weighted by Gasteiger charge is 2.12. The van der Waals surface area contributed by atoms with E-state index in [2.05, 4.69) is 56.1 Å². The number of anilines is 1. The normalized spacial score (nSPS) is 11.0. The van der Waals surface area contributed by atoms with Crippen molar-refractivity contribution in [3.8, 4) is 5.69 Å². The third kappa shape index (κ3) is 2.62. The summed E-state index contributed by atoms with van der Waals surface area (Å²) in [6.45, 7) is 3.81. The van der Waals surface area contributed by atoms with E-state index in [1.54, 1.807) is 12.5 Å². The van der Waals surface area contributed by atoms with Crippen LogP contribution in [0.5, 0.6) is 0 Å². The summed E-state index contributed by atoms with van der Waals surface area (Å²) in [6, 6.07) is 12.4. The molecular weight excluding hydrogens is 300 g/mol. The van der Waals surface area contributed by atoms with E-state index in [9.17, 15) is 0 Å². The summed E-state index contributed by atoms with van der Waals surface area (Å²) in [7, 11) is 0. The molecule has 120 valence electrons. The molecule has 0 fully saturated rings. The number of rotatable bonds is 5. The Labute approximate surface area is 139 Å². The van der Waals surface area contributed by atoms with E-state index in [-0.39, 0.29) is 0 Å². The summed E-state index contributed by atoms with van der Waals surface area (Å²) >= 11 is 0. The predicted molar refractivity (Wildman–Crippen MR) is 94.2 cm³/mol. The summed E-state index contributed by atoms with van der Waals surface area (Å²) < 4.78 is 1.86. The standard InChI is InChI=1S/C18H18N6/c1-2-23(18-16-8-10-19-17(16)20-13-21-18)12-14-4-6-15(7-5-14)24-11-3-9-22-24/h3-11,13H,2,12H2,1H3,(H,19,20,21). The summed E-state index contributed by atoms with van der Waals surface area (Å²) in [6.07, 6.45) is 7.23. The molecule has 0 bridgehead atoms. The van der Waals surface area contributed by atoms with Crippen molar-refractivity contribution >= 4 is 16.9 Å². The fourth-order valence-electron chi connectivity index (χ4n) is 2.84. The Morgan fingerprint density at radius 2 is 2.00 bits per heavy atom. The molecule has 6 nitrogen and oxygen atoms in total. The van der Waals surface area contributed by atoms with Crippen molar-refractivity contribution in [2.75, 3.05) is 11.4 Å². The first-order valence-corrected chi connectivity index (χ1v) is 7.97. The smallest absolute Gasteiger partial charge is 0.142 e. The molecule has 0 spiro atoms. The quantitative estimate of drug-likeness (QED) is 0.614. The van der Waals surface area contributed by atoms with Crippen LogP contribution in [0.4, 0.5) is 5.82 Å². The number of fused-ring (bicyclic) bond motifs is 1. The van der Waals surface area contributed by atoms with E-state index in [4.69, 9.17) is 0 Å². The van der Waals surface area contributed by atoms with E-state index in [0.29, 0.717) is 0 Å². The molecule has 0 aliphatic carbocycles. The lowest BCUT2D eigenvalue weighted by Gasteiger charge is -2.22. The Kier molecular flexibility index (Phi) is 3.70. The van der Waals surface area contributed by atoms with E-state index in [1.165, 1.54) is 5.56 Å². The van der Waals surface area contributed by atoms with E-state index < -0.39 is 0 Å². The van der Waals surface area contributed by atoms with Crippen LogP contribution < -0.4 is 4.90 Å². The number of H-pyrrole nitrogens is 1. The summed E-state index contributed by atoms with van der Waals surface area (Å²) in [5, 5.41) is 5.30. The number of aromatic amines is 1. The molecular formula is C18H18N6. The highest BCUT2D eigenvalue weighted by atomic mass is 15.3. The molecule has 0 saturated carbocycles. The Hall–Kier alpha value is -3.15. The molecule has 3 aromatic heterocycles. The lowest BCUT2D eigenvalue weighted by molar-refractivity contribution is 0.814. The minimum Gasteiger partial charge on any atom is -0.352 e. The van der Waals surface area contributed by atoms with Gasteiger partial charge in [-0.3, -0.25) is 0 Å². The maximum absolute atomic E-state index is 4.49. The van der Waals surface area contributed by atoms with Crippen molar-refractivity contribution in [2.45, 2.75) is 13.5 Å². The van der Waals surface area contributed by atoms with Crippen LogP contribution in [-0.2, 0) is 6.54 Å². The van der Waals surface area contributed by atoms with Gasteiger partial charge in [0.05, 0.1) is 11.1 Å². The second kappa shape index (κ2) is 6.16. The van der Waals surface area contributed by atoms with Gasteiger partial charge in [0.25, 0.3) is 0 Å². The van der Waals surface area contributed by atoms with E-state index in [0.717, 1.165) is 35.6 Å². The summed E-state index contributed by atoms with van der Waals surface area (Å²) in [4.78, 5) is 14.1. The van der Waals surface area contributed by atoms with Gasteiger partial charge in [0.1, 0.15) is 17.8 Å². The molecule has 0 unspecified atom stereocenters. The van der Waals surface area contributed by atoms with Gasteiger partial charge >= 0.3 is 0 Å². The molecule has 1 N–H and O–H groups in total. The molecule has 0 saturated heterocycles. The van der Waals surface area contributed by atoms with E-state index in [1.807, 2.05) is 29.2 Å². The fourth-order valence-corrected chi connectivity index (χ4v) is 2.84. The van der Waals surface area contributed by atoms with Crippen molar-refractivity contribution in [1.29, 1.82) is 0 Å². The first kappa shape index (κ1) is 14.4. The van der Waals surface area contributed by atoms with Crippen LogP contribution in [0.15, 0.2) is 61.3 Å². The molecule has 0 radical (unpaired) electrons. The average molecular weight is 318 g/mol. The van der Waals surface area contributed by atoms with Crippen molar-refractivity contribution in [2.24, 2.45) is 0 Å². The Morgan fingerprint density at radius 3 is 2.75 bits per heavy atom. The molecule has 3 heterocycles. The van der Waals surface area contributed by atoms with Crippen LogP contribution in [-0.4, -0.2) is 31.3 Å². The molecule has 0 atom stereocenters. The van der Waals surface area contributed by atoms with Crippen LogP contribution >= 0.6 is 0 Å². The second-order valence-corrected chi connectivity index (χ2v) is 5.57. The van der Waals surface area contributed by atoms with Crippen molar-refractivity contribution in [3.63, 3.8) is 0 Å². The first-order chi connectivity index (χ1) is 11.8. The number of hydrogen-bond donors (Lipinski definition) is 1. The highest BCUT2D eigenvalue weighted by Crippen LogP contribution is 2.23. The molecule has 24 heavy (non-hydrogen) atoms. The second-order valence-electron chi connectivity index (χ2n) is 5.57. The van der Waals surface area contributed by atoms with Crippen molar-refractivity contribution in [1.82, 2.24) is 24.7 Å². The third-order valence-corrected chi connectivity index (χ3v) is 4.09. The van der Waals surface area contributed by atoms with Gasteiger partial charge in [0.15, 0.2) is 0 Å². The van der Waals surface area contributed by atoms with Crippen LogP contribution in [0.25, 0.3) is 16.7 Å². The van der Waals surface area contributed by atoms with Gasteiger partial charge < -0.3 is 9.88 Å². The number of benzene rings is 1. The maximum atomic E-state index is 4.49. The lowest BCUT2D eigenvalue weighted by atomic mass is 10.2. The Balaban J connectivity index is 1.60. The van der Waals surface area contributed by atoms with Crippen molar-refractivity contribution < 1.29 is 0 Å². The molecule has 4 aromatic rings. The van der Waals surface area contributed by atoms with Gasteiger partial charge in [-0.15, -0.1) is 0 Å². The zero-order chi connectivity index (χ0) is 16.4. The van der Waals surface area contributed by atoms with E-state index >= 15 is 0 Å². The number of aromatic nitrogens is 5. The molecule has 0 aliphatic rings. The first-order valence-electron chi connectivity index (χ1n) is 7.97. The van der Waals surface area contributed by atoms with Crippen LogP contribution in [0.1, 0.15) is 12.5 Å². The van der Waals surface area contributed by atoms with Gasteiger partial charge in [-0.2, -0.15) is 5.10 Å². The van der Waals surface area contributed by atoms with Gasteiger partial charge in [0, 0.05) is 31.7 Å². The van der Waals surface area contributed by atoms with Crippen LogP contribution in [0.3, 0.4) is 0 Å². The third-order valence-electron chi connectivity index (χ3n) is 4.09. The SMILES string of the molecule is CCN(Cc1ccc(-n2cccn2)cc1)c1ncnc2[nH]ccc12. The van der Waals surface area contributed by atoms with Gasteiger partial charge in [0.2, 0.25) is 0 Å². The molecule has 0 aliphatic heterocycles. The average Bonchev–Trinajstić information content (AvgIpc) is 3.31. The van der Waals surface area contributed by atoms with Gasteiger partial charge in [-0.05, 0) is 36.8 Å². The van der Waals surface area contributed by atoms with Crippen LogP contribution in [0, 0.1) is 0 Å². The fraction of sp³-hybridized carbons (Fsp3) is 0.167.